The summed E-state index contributed by atoms with van der Waals surface area (Å²) >= 11 is 0. The Bertz CT molecular complexity index is 1430. The molecule has 2 aromatic heterocycles. The molecule has 0 saturated carbocycles. The first-order valence-electron chi connectivity index (χ1n) is 14.0. The van der Waals surface area contributed by atoms with Crippen molar-refractivity contribution in [3.63, 3.8) is 0 Å². The number of H-pyrrole nitrogens is 1. The lowest BCUT2D eigenvalue weighted by atomic mass is 10.0. The highest BCUT2D eigenvalue weighted by atomic mass is 16.2. The third kappa shape index (κ3) is 6.84. The molecule has 1 aliphatic rings. The zero-order valence-corrected chi connectivity index (χ0v) is 23.1. The Morgan fingerprint density at radius 1 is 1.00 bits per heavy atom. The maximum Gasteiger partial charge on any atom is 0.270 e. The summed E-state index contributed by atoms with van der Waals surface area (Å²) in [7, 11) is 0. The van der Waals surface area contributed by atoms with Crippen LogP contribution in [0.4, 0.5) is 5.82 Å². The number of hydrogen-bond acceptors (Lipinski definition) is 6. The molecule has 40 heavy (non-hydrogen) atoms. The molecule has 0 aliphatic carbocycles. The van der Waals surface area contributed by atoms with Gasteiger partial charge in [0, 0.05) is 50.7 Å². The van der Waals surface area contributed by atoms with Gasteiger partial charge in [-0.3, -0.25) is 9.59 Å². The van der Waals surface area contributed by atoms with Gasteiger partial charge in [-0.1, -0.05) is 60.7 Å². The molecule has 0 spiro atoms. The van der Waals surface area contributed by atoms with Crippen LogP contribution in [0.2, 0.25) is 0 Å². The minimum atomic E-state index is -0.0845. The third-order valence-corrected chi connectivity index (χ3v) is 7.23. The largest absolute Gasteiger partial charge is 0.368 e. The van der Waals surface area contributed by atoms with Gasteiger partial charge in [0.05, 0.1) is 5.39 Å². The van der Waals surface area contributed by atoms with E-state index in [1.165, 1.54) is 12.5 Å². The molecule has 1 aliphatic heterocycles. The summed E-state index contributed by atoms with van der Waals surface area (Å²) < 4.78 is 0. The summed E-state index contributed by atoms with van der Waals surface area (Å²) in [4.78, 5) is 39.4. The monoisotopic (exact) mass is 539 g/mol. The number of rotatable bonds is 10. The SMILES string of the molecule is CC(=O)NCCNc1nc(-c2ccccc2)nc2[nH]c(C(=O)N3CCC(NC(C)Cc4ccccc4)CC3)cc12. The minimum Gasteiger partial charge on any atom is -0.368 e. The molecule has 1 unspecified atom stereocenters. The summed E-state index contributed by atoms with van der Waals surface area (Å²) in [5.41, 5.74) is 3.32. The van der Waals surface area contributed by atoms with Gasteiger partial charge in [0.2, 0.25) is 5.91 Å². The fourth-order valence-corrected chi connectivity index (χ4v) is 5.24. The second-order valence-corrected chi connectivity index (χ2v) is 10.4. The number of carbonyl (C=O) groups excluding carboxylic acids is 2. The fourth-order valence-electron chi connectivity index (χ4n) is 5.24. The highest BCUT2D eigenvalue weighted by Gasteiger charge is 2.26. The van der Waals surface area contributed by atoms with E-state index >= 15 is 0 Å². The molecule has 4 N–H and O–H groups in total. The van der Waals surface area contributed by atoms with Crippen LogP contribution in [0.3, 0.4) is 0 Å². The molecule has 1 saturated heterocycles. The quantitative estimate of drug-likeness (QED) is 0.227. The van der Waals surface area contributed by atoms with Gasteiger partial charge in [-0.05, 0) is 37.8 Å². The second kappa shape index (κ2) is 12.7. The molecule has 2 amide bonds. The Balaban J connectivity index is 1.26. The van der Waals surface area contributed by atoms with Gasteiger partial charge in [0.25, 0.3) is 5.91 Å². The van der Waals surface area contributed by atoms with E-state index in [2.05, 4.69) is 52.1 Å². The number of aromatic nitrogens is 3. The van der Waals surface area contributed by atoms with Crippen molar-refractivity contribution in [2.45, 2.75) is 45.2 Å². The molecule has 0 radical (unpaired) electrons. The number of piperidine rings is 1. The Morgan fingerprint density at radius 3 is 2.40 bits per heavy atom. The van der Waals surface area contributed by atoms with Crippen LogP contribution in [0.5, 0.6) is 0 Å². The molecular formula is C31H37N7O2. The summed E-state index contributed by atoms with van der Waals surface area (Å²) in [6, 6.07) is 22.9. The average molecular weight is 540 g/mol. The minimum absolute atomic E-state index is 0.0285. The van der Waals surface area contributed by atoms with E-state index in [-0.39, 0.29) is 11.8 Å². The van der Waals surface area contributed by atoms with Crippen molar-refractivity contribution in [3.8, 4) is 11.4 Å². The van der Waals surface area contributed by atoms with Crippen molar-refractivity contribution in [2.24, 2.45) is 0 Å². The molecule has 2 aromatic carbocycles. The van der Waals surface area contributed by atoms with Crippen LogP contribution in [0, 0.1) is 0 Å². The normalized spacial score (nSPS) is 14.7. The van der Waals surface area contributed by atoms with Crippen LogP contribution in [0.15, 0.2) is 66.7 Å². The van der Waals surface area contributed by atoms with E-state index in [0.717, 1.165) is 30.2 Å². The van der Waals surface area contributed by atoms with E-state index in [0.29, 0.717) is 61.2 Å². The van der Waals surface area contributed by atoms with Gasteiger partial charge >= 0.3 is 0 Å². The van der Waals surface area contributed by atoms with Crippen LogP contribution in [-0.4, -0.2) is 69.9 Å². The lowest BCUT2D eigenvalue weighted by Gasteiger charge is -2.33. The number of nitrogens with zero attached hydrogens (tertiary/aromatic N) is 3. The number of benzene rings is 2. The molecule has 9 heteroatoms. The Morgan fingerprint density at radius 2 is 1.70 bits per heavy atom. The predicted octanol–water partition coefficient (Wildman–Crippen LogP) is 4.00. The highest BCUT2D eigenvalue weighted by molar-refractivity contribution is 6.00. The van der Waals surface area contributed by atoms with Gasteiger partial charge in [0.1, 0.15) is 17.2 Å². The van der Waals surface area contributed by atoms with Crippen molar-refractivity contribution >= 4 is 28.7 Å². The first-order chi connectivity index (χ1) is 19.5. The molecule has 1 atom stereocenters. The third-order valence-electron chi connectivity index (χ3n) is 7.23. The Labute approximate surface area is 234 Å². The smallest absolute Gasteiger partial charge is 0.270 e. The van der Waals surface area contributed by atoms with E-state index < -0.39 is 0 Å². The van der Waals surface area contributed by atoms with Crippen LogP contribution >= 0.6 is 0 Å². The maximum absolute atomic E-state index is 13.5. The molecular weight excluding hydrogens is 502 g/mol. The summed E-state index contributed by atoms with van der Waals surface area (Å²) in [5, 5.41) is 10.6. The molecule has 5 rings (SSSR count). The van der Waals surface area contributed by atoms with Crippen molar-refractivity contribution in [1.29, 1.82) is 0 Å². The van der Waals surface area contributed by atoms with Crippen molar-refractivity contribution in [1.82, 2.24) is 30.5 Å². The van der Waals surface area contributed by atoms with Gasteiger partial charge in [0.15, 0.2) is 5.82 Å². The van der Waals surface area contributed by atoms with Crippen LogP contribution in [0.25, 0.3) is 22.4 Å². The average Bonchev–Trinajstić information content (AvgIpc) is 3.41. The zero-order chi connectivity index (χ0) is 27.9. The fraction of sp³-hybridized carbons (Fsp3) is 0.355. The van der Waals surface area contributed by atoms with Crippen molar-refractivity contribution in [3.05, 3.63) is 78.0 Å². The molecule has 4 aromatic rings. The van der Waals surface area contributed by atoms with Gasteiger partial charge in [-0.15, -0.1) is 0 Å². The van der Waals surface area contributed by atoms with Crippen LogP contribution in [0.1, 0.15) is 42.7 Å². The van der Waals surface area contributed by atoms with E-state index in [9.17, 15) is 9.59 Å². The molecule has 0 bridgehead atoms. The number of hydrogen-bond donors (Lipinski definition) is 4. The number of nitrogens with one attached hydrogen (secondary N) is 4. The number of carbonyl (C=O) groups is 2. The Kier molecular flexibility index (Phi) is 8.71. The number of fused-ring (bicyclic) bond motifs is 1. The van der Waals surface area contributed by atoms with Crippen LogP contribution < -0.4 is 16.0 Å². The van der Waals surface area contributed by atoms with Gasteiger partial charge in [-0.25, -0.2) is 9.97 Å². The topological polar surface area (TPSA) is 115 Å². The summed E-state index contributed by atoms with van der Waals surface area (Å²) in [6.45, 7) is 6.08. The number of aromatic amines is 1. The first kappa shape index (κ1) is 27.3. The van der Waals surface area contributed by atoms with Crippen LogP contribution in [-0.2, 0) is 11.2 Å². The van der Waals surface area contributed by atoms with Gasteiger partial charge in [-0.2, -0.15) is 0 Å². The Hall–Kier alpha value is -4.24. The molecule has 9 nitrogen and oxygen atoms in total. The summed E-state index contributed by atoms with van der Waals surface area (Å²) in [5.74, 6) is 1.07. The predicted molar refractivity (Wildman–Crippen MR) is 158 cm³/mol. The second-order valence-electron chi connectivity index (χ2n) is 10.4. The number of likely N-dealkylation sites (tertiary alicyclic amines) is 1. The lowest BCUT2D eigenvalue weighted by Crippen LogP contribution is -2.47. The van der Waals surface area contributed by atoms with E-state index in [1.807, 2.05) is 47.4 Å². The maximum atomic E-state index is 13.5. The van der Waals surface area contributed by atoms with E-state index in [4.69, 9.17) is 9.97 Å². The standard InChI is InChI=1S/C31H37N7O2/c1-21(19-23-9-5-3-6-10-23)34-25-13-17-38(18-14-25)31(40)27-20-26-29(33-16-15-32-22(2)39)36-28(37-30(26)35-27)24-11-7-4-8-12-24/h3-12,20-21,25,34H,13-19H2,1-2H3,(H,32,39)(H2,33,35,36,37). The summed E-state index contributed by atoms with van der Waals surface area (Å²) in [6.07, 6.45) is 2.82. The molecule has 3 heterocycles. The van der Waals surface area contributed by atoms with E-state index in [1.54, 1.807) is 0 Å². The number of anilines is 1. The van der Waals surface area contributed by atoms with Crippen molar-refractivity contribution in [2.75, 3.05) is 31.5 Å². The number of amides is 2. The zero-order valence-electron chi connectivity index (χ0n) is 23.1. The lowest BCUT2D eigenvalue weighted by molar-refractivity contribution is -0.118. The molecule has 1 fully saturated rings. The molecule has 208 valence electrons. The van der Waals surface area contributed by atoms with Crippen molar-refractivity contribution < 1.29 is 9.59 Å². The van der Waals surface area contributed by atoms with Gasteiger partial charge < -0.3 is 25.8 Å². The first-order valence-corrected chi connectivity index (χ1v) is 14.0. The highest BCUT2D eigenvalue weighted by Crippen LogP contribution is 2.26.